The zero-order valence-corrected chi connectivity index (χ0v) is 38.2. The molecule has 0 amide bonds. The molecule has 0 spiro atoms. The van der Waals surface area contributed by atoms with Gasteiger partial charge in [0, 0.05) is 6.42 Å². The predicted octanol–water partition coefficient (Wildman–Crippen LogP) is 10.3. The van der Waals surface area contributed by atoms with Crippen LogP contribution in [0.3, 0.4) is 0 Å². The third-order valence-corrected chi connectivity index (χ3v) is 12.5. The van der Waals surface area contributed by atoms with Gasteiger partial charge in [-0.3, -0.25) is 13.8 Å². The second kappa shape index (κ2) is 37.5. The number of esters is 1. The highest BCUT2D eigenvalue weighted by atomic mass is 31.2. The molecule has 13 heteroatoms. The number of carbonyl (C=O) groups excluding carboxylic acids is 1. The molecule has 0 aromatic carbocycles. The average Bonchev–Trinajstić information content (AvgIpc) is 3.22. The molecule has 0 aliphatic heterocycles. The summed E-state index contributed by atoms with van der Waals surface area (Å²) in [5, 5.41) is 50.2. The minimum atomic E-state index is -5.03. The Morgan fingerprint density at radius 3 is 1.29 bits per heavy atom. The number of carbonyl (C=O) groups is 1. The molecule has 1 aliphatic rings. The lowest BCUT2D eigenvalue weighted by molar-refractivity contribution is -0.220. The van der Waals surface area contributed by atoms with E-state index in [2.05, 4.69) is 13.8 Å². The number of aliphatic hydroxyl groups excluding tert-OH is 5. The van der Waals surface area contributed by atoms with Crippen molar-refractivity contribution in [1.29, 1.82) is 0 Å². The van der Waals surface area contributed by atoms with Gasteiger partial charge in [-0.2, -0.15) is 0 Å². The molecule has 8 atom stereocenters. The van der Waals surface area contributed by atoms with Crippen LogP contribution in [0.1, 0.15) is 219 Å². The smallest absolute Gasteiger partial charge is 0.472 e. The van der Waals surface area contributed by atoms with Crippen LogP contribution in [0.15, 0.2) is 12.3 Å². The summed E-state index contributed by atoms with van der Waals surface area (Å²) in [5.41, 5.74) is 0. The van der Waals surface area contributed by atoms with Crippen LogP contribution in [0.4, 0.5) is 0 Å². The molecule has 1 rings (SSSR count). The van der Waals surface area contributed by atoms with E-state index in [0.29, 0.717) is 6.42 Å². The zero-order chi connectivity index (χ0) is 43.4. The van der Waals surface area contributed by atoms with E-state index in [9.17, 15) is 39.8 Å². The van der Waals surface area contributed by atoms with E-state index in [0.717, 1.165) is 38.5 Å². The Kier molecular flexibility index (Phi) is 35.5. The number of phosphoric ester groups is 1. The maximum atomic E-state index is 12.8. The Labute approximate surface area is 358 Å². The van der Waals surface area contributed by atoms with Gasteiger partial charge in [-0.05, 0) is 25.3 Å². The van der Waals surface area contributed by atoms with E-state index >= 15 is 0 Å². The van der Waals surface area contributed by atoms with Crippen LogP contribution in [0, 0.1) is 0 Å². The first-order valence-corrected chi connectivity index (χ1v) is 25.6. The number of allylic oxidation sites excluding steroid dienone is 1. The summed E-state index contributed by atoms with van der Waals surface area (Å²) in [4.78, 5) is 23.1. The van der Waals surface area contributed by atoms with Crippen molar-refractivity contribution in [1.82, 2.24) is 0 Å². The summed E-state index contributed by atoms with van der Waals surface area (Å²) >= 11 is 0. The average molecular weight is 865 g/mol. The van der Waals surface area contributed by atoms with Gasteiger partial charge in [0.15, 0.2) is 6.10 Å². The molecule has 350 valence electrons. The number of rotatable bonds is 41. The molecule has 0 radical (unpaired) electrons. The second-order valence-corrected chi connectivity index (χ2v) is 18.4. The maximum Gasteiger partial charge on any atom is 0.472 e. The predicted molar refractivity (Wildman–Crippen MR) is 235 cm³/mol. The summed E-state index contributed by atoms with van der Waals surface area (Å²) in [6, 6.07) is 0. The van der Waals surface area contributed by atoms with Gasteiger partial charge in [-0.25, -0.2) is 4.57 Å². The third kappa shape index (κ3) is 29.8. The lowest BCUT2D eigenvalue weighted by Crippen LogP contribution is -2.64. The number of ether oxygens (including phenoxy) is 2. The van der Waals surface area contributed by atoms with E-state index < -0.39 is 63.1 Å². The minimum absolute atomic E-state index is 0.155. The second-order valence-electron chi connectivity index (χ2n) is 17.0. The SMILES string of the molecule is CCCCCCCCCCCCCC/C=C\OC[C@H](COP(=O)(O)OC1C(O)C(O)C(O)[C@@H](O)C1O)OC(=O)CCCCCCCCCCCCCCCCCCCC. The Morgan fingerprint density at radius 2 is 0.881 bits per heavy atom. The van der Waals surface area contributed by atoms with Crippen molar-refractivity contribution in [3.05, 3.63) is 12.3 Å². The van der Waals surface area contributed by atoms with Crippen molar-refractivity contribution in [2.45, 2.75) is 262 Å². The van der Waals surface area contributed by atoms with Gasteiger partial charge in [-0.1, -0.05) is 194 Å². The molecule has 0 heterocycles. The summed E-state index contributed by atoms with van der Waals surface area (Å²) in [5.74, 6) is -0.494. The van der Waals surface area contributed by atoms with Crippen LogP contribution in [-0.2, 0) is 27.9 Å². The molecule has 59 heavy (non-hydrogen) atoms. The van der Waals surface area contributed by atoms with Crippen LogP contribution >= 0.6 is 7.82 Å². The van der Waals surface area contributed by atoms with Gasteiger partial charge in [0.05, 0.1) is 12.9 Å². The van der Waals surface area contributed by atoms with Crippen molar-refractivity contribution in [3.8, 4) is 0 Å². The maximum absolute atomic E-state index is 12.8. The first-order chi connectivity index (χ1) is 28.5. The number of hydrogen-bond acceptors (Lipinski definition) is 11. The summed E-state index contributed by atoms with van der Waals surface area (Å²) in [6.45, 7) is 3.75. The number of aliphatic hydroxyl groups is 5. The lowest BCUT2D eigenvalue weighted by Gasteiger charge is -2.41. The molecule has 0 aromatic rings. The third-order valence-electron chi connectivity index (χ3n) is 11.5. The van der Waals surface area contributed by atoms with E-state index in [1.165, 1.54) is 160 Å². The van der Waals surface area contributed by atoms with Crippen LogP contribution in [0.5, 0.6) is 0 Å². The number of hydrogen-bond donors (Lipinski definition) is 6. The van der Waals surface area contributed by atoms with E-state index in [-0.39, 0.29) is 13.0 Å². The van der Waals surface area contributed by atoms with E-state index in [4.69, 9.17) is 18.5 Å². The van der Waals surface area contributed by atoms with Crippen LogP contribution in [-0.4, -0.2) is 92.3 Å². The molecule has 12 nitrogen and oxygen atoms in total. The lowest BCUT2D eigenvalue weighted by atomic mass is 9.85. The van der Waals surface area contributed by atoms with Crippen LogP contribution < -0.4 is 0 Å². The Bertz CT molecular complexity index is 1030. The van der Waals surface area contributed by atoms with Gasteiger partial charge in [0.2, 0.25) is 0 Å². The molecule has 0 aromatic heterocycles. The molecular formula is C46H89O12P. The highest BCUT2D eigenvalue weighted by Gasteiger charge is 2.51. The zero-order valence-electron chi connectivity index (χ0n) is 37.3. The van der Waals surface area contributed by atoms with Gasteiger partial charge in [0.1, 0.15) is 43.2 Å². The van der Waals surface area contributed by atoms with Crippen molar-refractivity contribution in [2.75, 3.05) is 13.2 Å². The Morgan fingerprint density at radius 1 is 0.525 bits per heavy atom. The van der Waals surface area contributed by atoms with Gasteiger partial charge < -0.3 is 39.9 Å². The topological polar surface area (TPSA) is 192 Å². The quantitative estimate of drug-likeness (QED) is 0.0148. The highest BCUT2D eigenvalue weighted by Crippen LogP contribution is 2.47. The van der Waals surface area contributed by atoms with Gasteiger partial charge in [0.25, 0.3) is 0 Å². The van der Waals surface area contributed by atoms with Crippen molar-refractivity contribution < 1.29 is 58.3 Å². The standard InChI is InChI=1S/C46H89O12P/c1-3-5-7-9-11-13-15-17-19-20-21-22-23-25-27-29-31-33-35-40(47)57-39(37-55-36-34-32-30-28-26-24-18-16-14-12-10-8-6-4-2)38-56-59(53,54)58-46-44(51)42(49)41(48)43(50)45(46)52/h34,36,39,41-46,48-52H,3-33,35,37-38H2,1-2H3,(H,53,54)/b36-34-/t39-,41?,42-,43?,44?,45?,46?/m1/s1. The van der Waals surface area contributed by atoms with Gasteiger partial charge >= 0.3 is 13.8 Å². The molecule has 6 unspecified atom stereocenters. The molecule has 0 bridgehead atoms. The molecule has 1 saturated carbocycles. The monoisotopic (exact) mass is 865 g/mol. The molecule has 0 saturated heterocycles. The largest absolute Gasteiger partial charge is 0.498 e. The normalized spacial score (nSPS) is 22.4. The minimum Gasteiger partial charge on any atom is -0.498 e. The van der Waals surface area contributed by atoms with E-state index in [1.54, 1.807) is 0 Å². The highest BCUT2D eigenvalue weighted by molar-refractivity contribution is 7.47. The first-order valence-electron chi connectivity index (χ1n) is 24.1. The van der Waals surface area contributed by atoms with Gasteiger partial charge in [-0.15, -0.1) is 0 Å². The molecule has 6 N–H and O–H groups in total. The fourth-order valence-electron chi connectivity index (χ4n) is 7.62. The van der Waals surface area contributed by atoms with Crippen molar-refractivity contribution >= 4 is 13.8 Å². The molecule has 1 aliphatic carbocycles. The summed E-state index contributed by atoms with van der Waals surface area (Å²) in [7, 11) is -5.03. The van der Waals surface area contributed by atoms with Crippen LogP contribution in [0.2, 0.25) is 0 Å². The first kappa shape index (κ1) is 55.9. The fraction of sp³-hybridized carbons (Fsp3) is 0.935. The summed E-state index contributed by atoms with van der Waals surface area (Å²) < 4.78 is 34.0. The Hall–Kier alpha value is -1.08. The molecular weight excluding hydrogens is 775 g/mol. The Balaban J connectivity index is 2.38. The fourth-order valence-corrected chi connectivity index (χ4v) is 8.59. The number of phosphoric acid groups is 1. The summed E-state index contributed by atoms with van der Waals surface area (Å²) in [6.07, 6.45) is 29.3. The number of unbranched alkanes of at least 4 members (excludes halogenated alkanes) is 29. The van der Waals surface area contributed by atoms with Crippen molar-refractivity contribution in [3.63, 3.8) is 0 Å². The van der Waals surface area contributed by atoms with Crippen molar-refractivity contribution in [2.24, 2.45) is 0 Å². The van der Waals surface area contributed by atoms with Crippen LogP contribution in [0.25, 0.3) is 0 Å². The molecule has 1 fully saturated rings. The van der Waals surface area contributed by atoms with E-state index in [1.807, 2.05) is 6.08 Å².